The molecule has 4 aromatic rings. The average molecular weight is 412 g/mol. The number of imidazole rings is 1. The molecule has 0 radical (unpaired) electrons. The maximum atomic E-state index is 13.3. The topological polar surface area (TPSA) is 78.2 Å². The van der Waals surface area contributed by atoms with Gasteiger partial charge in [-0.05, 0) is 23.8 Å². The summed E-state index contributed by atoms with van der Waals surface area (Å²) >= 11 is 6.24. The zero-order chi connectivity index (χ0) is 20.1. The van der Waals surface area contributed by atoms with Crippen LogP contribution in [0.25, 0.3) is 11.2 Å². The Labute approximate surface area is 170 Å². The molecule has 0 saturated heterocycles. The number of halogens is 1. The number of nitrogens with zero attached hydrogens (tertiary/aromatic N) is 5. The SMILES string of the molecule is Cn1c(=O)n(Cc2ccccc2Cl)c(=O)c2c1nc1n2CCN1Cc1ccco1. The van der Waals surface area contributed by atoms with E-state index in [1.807, 2.05) is 39.8 Å². The number of aromatic nitrogens is 4. The molecule has 5 rings (SSSR count). The number of benzene rings is 1. The van der Waals surface area contributed by atoms with E-state index in [0.29, 0.717) is 47.3 Å². The minimum Gasteiger partial charge on any atom is -0.467 e. The van der Waals surface area contributed by atoms with Gasteiger partial charge in [-0.3, -0.25) is 13.9 Å². The highest BCUT2D eigenvalue weighted by Gasteiger charge is 2.28. The average Bonchev–Trinajstić information content (AvgIpc) is 3.43. The van der Waals surface area contributed by atoms with Crippen LogP contribution in [0, 0.1) is 0 Å². The second kappa shape index (κ2) is 6.66. The van der Waals surface area contributed by atoms with Gasteiger partial charge in [-0.1, -0.05) is 29.8 Å². The van der Waals surface area contributed by atoms with Crippen molar-refractivity contribution < 1.29 is 4.42 Å². The van der Waals surface area contributed by atoms with E-state index in [9.17, 15) is 9.59 Å². The standard InChI is InChI=1S/C20H18ClN5O3/c1-23-17-16(18(27)26(20(23)28)11-13-5-2-3-7-15(13)21)25-9-8-24(19(25)22-17)12-14-6-4-10-29-14/h2-7,10H,8-9,11-12H2,1H3. The van der Waals surface area contributed by atoms with Crippen LogP contribution in [0.4, 0.5) is 5.95 Å². The first-order valence-corrected chi connectivity index (χ1v) is 9.63. The summed E-state index contributed by atoms with van der Waals surface area (Å²) in [4.78, 5) is 32.8. The van der Waals surface area contributed by atoms with Crippen LogP contribution in [-0.2, 0) is 26.7 Å². The summed E-state index contributed by atoms with van der Waals surface area (Å²) in [7, 11) is 1.63. The molecule has 9 heteroatoms. The summed E-state index contributed by atoms with van der Waals surface area (Å²) in [6.07, 6.45) is 1.63. The van der Waals surface area contributed by atoms with E-state index in [2.05, 4.69) is 4.98 Å². The fourth-order valence-corrected chi connectivity index (χ4v) is 4.01. The Hall–Kier alpha value is -3.26. The highest BCUT2D eigenvalue weighted by Crippen LogP contribution is 2.26. The first-order valence-electron chi connectivity index (χ1n) is 9.25. The molecule has 148 valence electrons. The normalized spacial score (nSPS) is 13.4. The maximum absolute atomic E-state index is 13.3. The minimum atomic E-state index is -0.420. The number of aryl methyl sites for hydroxylation is 1. The lowest BCUT2D eigenvalue weighted by Crippen LogP contribution is -2.40. The van der Waals surface area contributed by atoms with E-state index in [4.69, 9.17) is 16.0 Å². The number of fused-ring (bicyclic) bond motifs is 3. The van der Waals surface area contributed by atoms with Crippen molar-refractivity contribution >= 4 is 28.7 Å². The second-order valence-corrected chi connectivity index (χ2v) is 7.47. The Morgan fingerprint density at radius 3 is 2.69 bits per heavy atom. The van der Waals surface area contributed by atoms with Gasteiger partial charge in [0.15, 0.2) is 11.2 Å². The molecule has 0 bridgehead atoms. The Bertz CT molecular complexity index is 1330. The Morgan fingerprint density at radius 2 is 1.93 bits per heavy atom. The molecule has 0 unspecified atom stereocenters. The van der Waals surface area contributed by atoms with Crippen molar-refractivity contribution in [2.24, 2.45) is 7.05 Å². The van der Waals surface area contributed by atoms with Crippen LogP contribution in [0.2, 0.25) is 5.02 Å². The van der Waals surface area contributed by atoms with Crippen LogP contribution < -0.4 is 16.1 Å². The number of rotatable bonds is 4. The van der Waals surface area contributed by atoms with Crippen LogP contribution >= 0.6 is 11.6 Å². The monoisotopic (exact) mass is 411 g/mol. The van der Waals surface area contributed by atoms with Crippen molar-refractivity contribution in [1.82, 2.24) is 18.7 Å². The van der Waals surface area contributed by atoms with Gasteiger partial charge in [-0.2, -0.15) is 4.98 Å². The van der Waals surface area contributed by atoms with Crippen LogP contribution in [0.15, 0.2) is 56.7 Å². The minimum absolute atomic E-state index is 0.109. The fraction of sp³-hybridized carbons (Fsp3) is 0.250. The summed E-state index contributed by atoms with van der Waals surface area (Å²) in [6.45, 7) is 1.99. The molecule has 1 aromatic carbocycles. The van der Waals surface area contributed by atoms with Gasteiger partial charge in [-0.25, -0.2) is 4.79 Å². The van der Waals surface area contributed by atoms with Gasteiger partial charge < -0.3 is 13.9 Å². The molecule has 0 N–H and O–H groups in total. The molecule has 0 aliphatic carbocycles. The largest absolute Gasteiger partial charge is 0.467 e. The number of hydrogen-bond donors (Lipinski definition) is 0. The highest BCUT2D eigenvalue weighted by atomic mass is 35.5. The lowest BCUT2D eigenvalue weighted by molar-refractivity contribution is 0.504. The fourth-order valence-electron chi connectivity index (χ4n) is 3.81. The van der Waals surface area contributed by atoms with E-state index in [0.717, 1.165) is 5.76 Å². The second-order valence-electron chi connectivity index (χ2n) is 7.06. The molecule has 4 heterocycles. The third kappa shape index (κ3) is 2.79. The van der Waals surface area contributed by atoms with Crippen LogP contribution in [0.5, 0.6) is 0 Å². The van der Waals surface area contributed by atoms with Crippen molar-refractivity contribution in [2.45, 2.75) is 19.6 Å². The van der Waals surface area contributed by atoms with Gasteiger partial charge >= 0.3 is 5.69 Å². The van der Waals surface area contributed by atoms with E-state index in [1.165, 1.54) is 9.13 Å². The van der Waals surface area contributed by atoms with Crippen LogP contribution in [0.1, 0.15) is 11.3 Å². The molecular weight excluding hydrogens is 394 g/mol. The van der Waals surface area contributed by atoms with Gasteiger partial charge in [-0.15, -0.1) is 0 Å². The summed E-state index contributed by atoms with van der Waals surface area (Å²) < 4.78 is 9.95. The van der Waals surface area contributed by atoms with Crippen molar-refractivity contribution in [1.29, 1.82) is 0 Å². The van der Waals surface area contributed by atoms with Gasteiger partial charge in [0.2, 0.25) is 5.95 Å². The van der Waals surface area contributed by atoms with E-state index >= 15 is 0 Å². The molecule has 3 aromatic heterocycles. The Morgan fingerprint density at radius 1 is 1.10 bits per heavy atom. The number of anilines is 1. The predicted molar refractivity (Wildman–Crippen MR) is 110 cm³/mol. The Kier molecular flexibility index (Phi) is 4.09. The van der Waals surface area contributed by atoms with Crippen molar-refractivity contribution in [3.63, 3.8) is 0 Å². The highest BCUT2D eigenvalue weighted by molar-refractivity contribution is 6.31. The first kappa shape index (κ1) is 17.8. The molecule has 0 fully saturated rings. The number of hydrogen-bond acceptors (Lipinski definition) is 5. The zero-order valence-electron chi connectivity index (χ0n) is 15.7. The number of furan rings is 1. The molecule has 0 spiro atoms. The van der Waals surface area contributed by atoms with Gasteiger partial charge in [0.05, 0.1) is 19.4 Å². The van der Waals surface area contributed by atoms with Crippen LogP contribution in [0.3, 0.4) is 0 Å². The van der Waals surface area contributed by atoms with Crippen molar-refractivity contribution in [3.8, 4) is 0 Å². The third-order valence-electron chi connectivity index (χ3n) is 5.30. The lowest BCUT2D eigenvalue weighted by atomic mass is 10.2. The molecular formula is C20H18ClN5O3. The lowest BCUT2D eigenvalue weighted by Gasteiger charge is -2.13. The predicted octanol–water partition coefficient (Wildman–Crippen LogP) is 2.21. The smallest absolute Gasteiger partial charge is 0.332 e. The van der Waals surface area contributed by atoms with Crippen molar-refractivity contribution in [2.75, 3.05) is 11.4 Å². The molecule has 29 heavy (non-hydrogen) atoms. The molecule has 0 amide bonds. The van der Waals surface area contributed by atoms with Gasteiger partial charge in [0.1, 0.15) is 5.76 Å². The van der Waals surface area contributed by atoms with Gasteiger partial charge in [0.25, 0.3) is 5.56 Å². The van der Waals surface area contributed by atoms with Crippen molar-refractivity contribution in [3.05, 3.63) is 79.8 Å². The summed E-state index contributed by atoms with van der Waals surface area (Å²) in [5.41, 5.74) is 0.748. The molecule has 1 aliphatic rings. The zero-order valence-corrected chi connectivity index (χ0v) is 16.5. The quantitative estimate of drug-likeness (QED) is 0.514. The molecule has 1 aliphatic heterocycles. The Balaban J connectivity index is 1.64. The summed E-state index contributed by atoms with van der Waals surface area (Å²) in [6, 6.07) is 10.9. The molecule has 8 nitrogen and oxygen atoms in total. The van der Waals surface area contributed by atoms with Crippen LogP contribution in [-0.4, -0.2) is 25.2 Å². The van der Waals surface area contributed by atoms with Gasteiger partial charge in [0, 0.05) is 25.2 Å². The van der Waals surface area contributed by atoms with E-state index in [-0.39, 0.29) is 12.1 Å². The summed E-state index contributed by atoms with van der Waals surface area (Å²) in [5, 5.41) is 0.518. The molecule has 0 atom stereocenters. The molecule has 0 saturated carbocycles. The maximum Gasteiger partial charge on any atom is 0.332 e. The first-order chi connectivity index (χ1) is 14.0. The summed E-state index contributed by atoms with van der Waals surface area (Å²) in [5.74, 6) is 1.48. The van der Waals surface area contributed by atoms with E-state index < -0.39 is 5.69 Å². The van der Waals surface area contributed by atoms with E-state index in [1.54, 1.807) is 19.4 Å². The third-order valence-corrected chi connectivity index (χ3v) is 5.67.